The summed E-state index contributed by atoms with van der Waals surface area (Å²) >= 11 is 0. The van der Waals surface area contributed by atoms with Crippen molar-refractivity contribution < 1.29 is 14.6 Å². The van der Waals surface area contributed by atoms with Crippen molar-refractivity contribution in [3.63, 3.8) is 0 Å². The summed E-state index contributed by atoms with van der Waals surface area (Å²) in [4.78, 5) is 13.6. The molecule has 0 aliphatic carbocycles. The number of carbonyl (C=O) groups is 1. The molecule has 0 aromatic heterocycles. The van der Waals surface area contributed by atoms with E-state index in [1.54, 1.807) is 0 Å². The zero-order valence-corrected chi connectivity index (χ0v) is 12.4. The number of hydrogen-bond acceptors (Lipinski definition) is 4. The third kappa shape index (κ3) is 5.47. The summed E-state index contributed by atoms with van der Waals surface area (Å²) in [7, 11) is 0. The van der Waals surface area contributed by atoms with E-state index >= 15 is 0 Å². The number of ether oxygens (including phenoxy) is 1. The van der Waals surface area contributed by atoms with Crippen molar-refractivity contribution in [3.8, 4) is 0 Å². The highest BCUT2D eigenvalue weighted by atomic mass is 16.5. The first-order valence-corrected chi connectivity index (χ1v) is 7.40. The van der Waals surface area contributed by atoms with Gasteiger partial charge in [0.05, 0.1) is 12.7 Å². The van der Waals surface area contributed by atoms with E-state index < -0.39 is 12.0 Å². The molecule has 1 fully saturated rings. The van der Waals surface area contributed by atoms with Crippen molar-refractivity contribution in [2.75, 3.05) is 26.2 Å². The summed E-state index contributed by atoms with van der Waals surface area (Å²) < 4.78 is 5.66. The van der Waals surface area contributed by atoms with E-state index in [1.165, 1.54) is 0 Å². The molecule has 3 unspecified atom stereocenters. The van der Waals surface area contributed by atoms with E-state index in [4.69, 9.17) is 4.74 Å². The molecular weight excluding hydrogens is 244 g/mol. The molecule has 19 heavy (non-hydrogen) atoms. The van der Waals surface area contributed by atoms with Gasteiger partial charge in [0.2, 0.25) is 0 Å². The molecule has 5 heteroatoms. The Morgan fingerprint density at radius 1 is 1.53 bits per heavy atom. The Bertz CT molecular complexity index is 273. The molecule has 0 spiro atoms. The number of carboxylic acid groups (broad SMARTS) is 1. The highest BCUT2D eigenvalue weighted by molar-refractivity contribution is 5.73. The molecule has 0 aromatic rings. The van der Waals surface area contributed by atoms with Gasteiger partial charge in [-0.15, -0.1) is 0 Å². The molecule has 1 rings (SSSR count). The summed E-state index contributed by atoms with van der Waals surface area (Å²) in [6.45, 7) is 9.51. The fraction of sp³-hybridized carbons (Fsp3) is 0.929. The van der Waals surface area contributed by atoms with Gasteiger partial charge in [0.15, 0.2) is 0 Å². The first-order chi connectivity index (χ1) is 9.08. The zero-order chi connectivity index (χ0) is 14.3. The molecule has 0 bridgehead atoms. The number of rotatable bonds is 8. The van der Waals surface area contributed by atoms with Gasteiger partial charge in [-0.3, -0.25) is 9.69 Å². The lowest BCUT2D eigenvalue weighted by Gasteiger charge is -2.38. The van der Waals surface area contributed by atoms with Gasteiger partial charge in [-0.2, -0.15) is 0 Å². The van der Waals surface area contributed by atoms with E-state index in [0.717, 1.165) is 39.1 Å². The van der Waals surface area contributed by atoms with Crippen molar-refractivity contribution in [2.24, 2.45) is 0 Å². The summed E-state index contributed by atoms with van der Waals surface area (Å²) in [6.07, 6.45) is 2.90. The second-order valence-electron chi connectivity index (χ2n) is 5.33. The lowest BCUT2D eigenvalue weighted by molar-refractivity contribution is -0.140. The maximum atomic E-state index is 11.2. The van der Waals surface area contributed by atoms with Crippen molar-refractivity contribution in [1.29, 1.82) is 0 Å². The molecule has 3 atom stereocenters. The summed E-state index contributed by atoms with van der Waals surface area (Å²) in [5, 5.41) is 12.3. The third-order valence-electron chi connectivity index (χ3n) is 3.70. The Morgan fingerprint density at radius 2 is 2.26 bits per heavy atom. The Hall–Kier alpha value is -0.650. The fourth-order valence-corrected chi connectivity index (χ4v) is 2.49. The van der Waals surface area contributed by atoms with Crippen LogP contribution in [-0.2, 0) is 9.53 Å². The van der Waals surface area contributed by atoms with E-state index in [-0.39, 0.29) is 6.10 Å². The first-order valence-electron chi connectivity index (χ1n) is 7.40. The highest BCUT2D eigenvalue weighted by Crippen LogP contribution is 2.15. The average molecular weight is 272 g/mol. The lowest BCUT2D eigenvalue weighted by atomic mass is 10.1. The lowest BCUT2D eigenvalue weighted by Crippen LogP contribution is -2.50. The SMILES string of the molecule is CCCNC(CCN1CC(C)OCC1CC)C(=O)O. The second kappa shape index (κ2) is 8.51. The highest BCUT2D eigenvalue weighted by Gasteiger charge is 2.26. The number of carboxylic acids is 1. The number of aliphatic carboxylic acids is 1. The molecule has 0 saturated carbocycles. The van der Waals surface area contributed by atoms with Crippen LogP contribution in [0.2, 0.25) is 0 Å². The van der Waals surface area contributed by atoms with Gasteiger partial charge >= 0.3 is 5.97 Å². The van der Waals surface area contributed by atoms with Gasteiger partial charge in [0.1, 0.15) is 6.04 Å². The maximum absolute atomic E-state index is 11.2. The smallest absolute Gasteiger partial charge is 0.320 e. The van der Waals surface area contributed by atoms with Crippen LogP contribution in [0.1, 0.15) is 40.0 Å². The van der Waals surface area contributed by atoms with Crippen LogP contribution in [0.3, 0.4) is 0 Å². The number of nitrogens with zero attached hydrogens (tertiary/aromatic N) is 1. The third-order valence-corrected chi connectivity index (χ3v) is 3.70. The minimum absolute atomic E-state index is 0.245. The number of nitrogens with one attached hydrogen (secondary N) is 1. The quantitative estimate of drug-likeness (QED) is 0.698. The molecule has 0 amide bonds. The van der Waals surface area contributed by atoms with Crippen LogP contribution in [-0.4, -0.2) is 60.4 Å². The molecule has 1 aliphatic rings. The Labute approximate surface area is 116 Å². The Morgan fingerprint density at radius 3 is 2.84 bits per heavy atom. The molecule has 1 aliphatic heterocycles. The van der Waals surface area contributed by atoms with Gasteiger partial charge in [0.25, 0.3) is 0 Å². The van der Waals surface area contributed by atoms with Gasteiger partial charge in [0, 0.05) is 19.1 Å². The van der Waals surface area contributed by atoms with Crippen LogP contribution >= 0.6 is 0 Å². The largest absolute Gasteiger partial charge is 0.480 e. The number of hydrogen-bond donors (Lipinski definition) is 2. The molecule has 5 nitrogen and oxygen atoms in total. The average Bonchev–Trinajstić information content (AvgIpc) is 2.38. The molecule has 0 radical (unpaired) electrons. The molecule has 2 N–H and O–H groups in total. The molecule has 1 heterocycles. The van der Waals surface area contributed by atoms with Crippen LogP contribution < -0.4 is 5.32 Å². The normalized spacial score (nSPS) is 26.3. The molecule has 0 aromatic carbocycles. The van der Waals surface area contributed by atoms with Crippen LogP contribution in [0, 0.1) is 0 Å². The van der Waals surface area contributed by atoms with Gasteiger partial charge < -0.3 is 15.2 Å². The molecule has 1 saturated heterocycles. The zero-order valence-electron chi connectivity index (χ0n) is 12.4. The summed E-state index contributed by atoms with van der Waals surface area (Å²) in [6, 6.07) is -0.00701. The topological polar surface area (TPSA) is 61.8 Å². The summed E-state index contributed by atoms with van der Waals surface area (Å²) in [5.74, 6) is -0.747. The second-order valence-corrected chi connectivity index (χ2v) is 5.33. The maximum Gasteiger partial charge on any atom is 0.320 e. The van der Waals surface area contributed by atoms with Crippen molar-refractivity contribution in [1.82, 2.24) is 10.2 Å². The predicted molar refractivity (Wildman–Crippen MR) is 75.4 cm³/mol. The van der Waals surface area contributed by atoms with Gasteiger partial charge in [-0.25, -0.2) is 0 Å². The Balaban J connectivity index is 2.44. The van der Waals surface area contributed by atoms with E-state index in [2.05, 4.69) is 24.1 Å². The Kier molecular flexibility index (Phi) is 7.34. The van der Waals surface area contributed by atoms with Gasteiger partial charge in [-0.05, 0) is 32.7 Å². The summed E-state index contributed by atoms with van der Waals surface area (Å²) in [5.41, 5.74) is 0. The predicted octanol–water partition coefficient (Wildman–Crippen LogP) is 1.33. The van der Waals surface area contributed by atoms with Crippen LogP contribution in [0.15, 0.2) is 0 Å². The monoisotopic (exact) mass is 272 g/mol. The standard InChI is InChI=1S/C14H28N2O3/c1-4-7-15-13(14(17)18)6-8-16-9-11(3)19-10-12(16)5-2/h11-13,15H,4-10H2,1-3H3,(H,17,18). The van der Waals surface area contributed by atoms with Crippen molar-refractivity contribution in [3.05, 3.63) is 0 Å². The van der Waals surface area contributed by atoms with Crippen LogP contribution in [0.5, 0.6) is 0 Å². The fourth-order valence-electron chi connectivity index (χ4n) is 2.49. The minimum atomic E-state index is -0.747. The van der Waals surface area contributed by atoms with E-state index in [9.17, 15) is 9.90 Å². The van der Waals surface area contributed by atoms with Crippen LogP contribution in [0.25, 0.3) is 0 Å². The van der Waals surface area contributed by atoms with Crippen molar-refractivity contribution >= 4 is 5.97 Å². The van der Waals surface area contributed by atoms with E-state index in [0.29, 0.717) is 12.5 Å². The van der Waals surface area contributed by atoms with Gasteiger partial charge in [-0.1, -0.05) is 13.8 Å². The minimum Gasteiger partial charge on any atom is -0.480 e. The van der Waals surface area contributed by atoms with Crippen LogP contribution in [0.4, 0.5) is 0 Å². The number of morpholine rings is 1. The molecular formula is C14H28N2O3. The van der Waals surface area contributed by atoms with Crippen molar-refractivity contribution in [2.45, 2.75) is 58.2 Å². The molecule has 112 valence electrons. The first kappa shape index (κ1) is 16.4. The van der Waals surface area contributed by atoms with E-state index in [1.807, 2.05) is 6.92 Å².